The average molecular weight is 272 g/mol. The number of hydrogen-bond donors (Lipinski definition) is 3. The number of imidazole rings is 1. The highest BCUT2D eigenvalue weighted by Crippen LogP contribution is 2.24. The number of halogens is 1. The number of aromatic amines is 1. The fourth-order valence-corrected chi connectivity index (χ4v) is 2.20. The third-order valence-electron chi connectivity index (χ3n) is 2.92. The van der Waals surface area contributed by atoms with Crippen LogP contribution in [0.4, 0.5) is 0 Å². The van der Waals surface area contributed by atoms with E-state index in [1.54, 1.807) is 24.3 Å². The van der Waals surface area contributed by atoms with Crippen LogP contribution in [0.2, 0.25) is 5.02 Å². The number of nitrogens with zero attached hydrogens (tertiary/aromatic N) is 1. The summed E-state index contributed by atoms with van der Waals surface area (Å²) in [5.41, 5.74) is 2.74. The first-order valence-corrected chi connectivity index (χ1v) is 6.13. The molecule has 4 nitrogen and oxygen atoms in total. The maximum Gasteiger partial charge on any atom is 0.488 e. The molecule has 1 aromatic heterocycles. The Morgan fingerprint density at radius 3 is 2.63 bits per heavy atom. The van der Waals surface area contributed by atoms with Gasteiger partial charge in [-0.05, 0) is 17.6 Å². The SMILES string of the molecule is OB(O)c1cccc(-c2nc3c(Cl)cccc3[nH]2)c1. The Balaban J connectivity index is 2.14. The molecule has 6 heteroatoms. The van der Waals surface area contributed by atoms with Gasteiger partial charge in [0.2, 0.25) is 0 Å². The minimum atomic E-state index is -1.49. The largest absolute Gasteiger partial charge is 0.488 e. The molecular weight excluding hydrogens is 262 g/mol. The third kappa shape index (κ3) is 2.23. The molecule has 19 heavy (non-hydrogen) atoms. The van der Waals surface area contributed by atoms with Crippen LogP contribution in [0.5, 0.6) is 0 Å². The summed E-state index contributed by atoms with van der Waals surface area (Å²) in [4.78, 5) is 7.59. The zero-order valence-electron chi connectivity index (χ0n) is 9.84. The van der Waals surface area contributed by atoms with E-state index >= 15 is 0 Å². The van der Waals surface area contributed by atoms with E-state index in [1.165, 1.54) is 0 Å². The predicted octanol–water partition coefficient (Wildman–Crippen LogP) is 1.56. The van der Waals surface area contributed by atoms with E-state index in [4.69, 9.17) is 11.6 Å². The molecule has 0 fully saturated rings. The topological polar surface area (TPSA) is 69.1 Å². The fourth-order valence-electron chi connectivity index (χ4n) is 1.98. The molecule has 2 aromatic carbocycles. The molecule has 0 bridgehead atoms. The van der Waals surface area contributed by atoms with Gasteiger partial charge in [-0.1, -0.05) is 41.9 Å². The van der Waals surface area contributed by atoms with E-state index in [0.717, 1.165) is 11.1 Å². The molecule has 0 amide bonds. The van der Waals surface area contributed by atoms with Crippen LogP contribution in [-0.4, -0.2) is 27.1 Å². The predicted molar refractivity (Wildman–Crippen MR) is 76.4 cm³/mol. The summed E-state index contributed by atoms with van der Waals surface area (Å²) in [5, 5.41) is 18.9. The van der Waals surface area contributed by atoms with Crippen molar-refractivity contribution in [3.8, 4) is 11.4 Å². The highest BCUT2D eigenvalue weighted by molar-refractivity contribution is 6.58. The summed E-state index contributed by atoms with van der Waals surface area (Å²) in [5.74, 6) is 0.644. The second kappa shape index (κ2) is 4.70. The molecule has 0 saturated heterocycles. The molecular formula is C13H10BClN2O2. The van der Waals surface area contributed by atoms with Crippen LogP contribution in [0.1, 0.15) is 0 Å². The zero-order valence-corrected chi connectivity index (χ0v) is 10.6. The van der Waals surface area contributed by atoms with Crippen LogP contribution in [0.3, 0.4) is 0 Å². The standard InChI is InChI=1S/C13H10BClN2O2/c15-10-5-2-6-11-12(10)17-13(16-11)8-3-1-4-9(7-8)14(18)19/h1-7,18-19H,(H,16,17). The van der Waals surface area contributed by atoms with Gasteiger partial charge >= 0.3 is 7.12 Å². The second-order valence-electron chi connectivity index (χ2n) is 4.22. The van der Waals surface area contributed by atoms with Crippen LogP contribution in [0.15, 0.2) is 42.5 Å². The molecule has 0 spiro atoms. The first kappa shape index (κ1) is 12.2. The number of nitrogens with one attached hydrogen (secondary N) is 1. The van der Waals surface area contributed by atoms with Gasteiger partial charge in [0.15, 0.2) is 0 Å². The lowest BCUT2D eigenvalue weighted by Gasteiger charge is -2.01. The number of para-hydroxylation sites is 1. The normalized spacial score (nSPS) is 10.9. The van der Waals surface area contributed by atoms with E-state index in [0.29, 0.717) is 21.8 Å². The van der Waals surface area contributed by atoms with Crippen LogP contribution in [-0.2, 0) is 0 Å². The molecule has 3 aromatic rings. The zero-order chi connectivity index (χ0) is 13.4. The molecule has 0 saturated carbocycles. The molecule has 0 aliphatic carbocycles. The monoisotopic (exact) mass is 272 g/mol. The summed E-state index contributed by atoms with van der Waals surface area (Å²) in [6.45, 7) is 0. The molecule has 94 valence electrons. The van der Waals surface area contributed by atoms with Crippen LogP contribution >= 0.6 is 11.6 Å². The van der Waals surface area contributed by atoms with Crippen molar-refractivity contribution in [2.75, 3.05) is 0 Å². The van der Waals surface area contributed by atoms with Crippen LogP contribution < -0.4 is 5.46 Å². The van der Waals surface area contributed by atoms with Gasteiger partial charge in [-0.2, -0.15) is 0 Å². The highest BCUT2D eigenvalue weighted by Gasteiger charge is 2.13. The van der Waals surface area contributed by atoms with Crippen molar-refractivity contribution in [3.05, 3.63) is 47.5 Å². The quantitative estimate of drug-likeness (QED) is 0.620. The Bertz CT molecular complexity index is 742. The minimum absolute atomic E-state index is 0.420. The van der Waals surface area contributed by atoms with E-state index in [9.17, 15) is 10.0 Å². The van der Waals surface area contributed by atoms with Gasteiger partial charge in [-0.3, -0.25) is 0 Å². The smallest absolute Gasteiger partial charge is 0.423 e. The minimum Gasteiger partial charge on any atom is -0.423 e. The summed E-state index contributed by atoms with van der Waals surface area (Å²) in [7, 11) is -1.49. The van der Waals surface area contributed by atoms with Gasteiger partial charge in [0.05, 0.1) is 10.5 Å². The van der Waals surface area contributed by atoms with Gasteiger partial charge in [-0.25, -0.2) is 4.98 Å². The summed E-state index contributed by atoms with van der Waals surface area (Å²) >= 11 is 6.08. The van der Waals surface area contributed by atoms with Gasteiger partial charge in [-0.15, -0.1) is 0 Å². The molecule has 0 atom stereocenters. The molecule has 3 rings (SSSR count). The number of aromatic nitrogens is 2. The van der Waals surface area contributed by atoms with Crippen molar-refractivity contribution in [1.82, 2.24) is 9.97 Å². The number of rotatable bonds is 2. The van der Waals surface area contributed by atoms with Crippen molar-refractivity contribution in [1.29, 1.82) is 0 Å². The molecule has 0 unspecified atom stereocenters. The molecule has 3 N–H and O–H groups in total. The van der Waals surface area contributed by atoms with Crippen molar-refractivity contribution >= 4 is 35.2 Å². The number of fused-ring (bicyclic) bond motifs is 1. The van der Waals surface area contributed by atoms with Crippen molar-refractivity contribution in [2.24, 2.45) is 0 Å². The van der Waals surface area contributed by atoms with Crippen LogP contribution in [0, 0.1) is 0 Å². The third-order valence-corrected chi connectivity index (χ3v) is 3.23. The van der Waals surface area contributed by atoms with Crippen LogP contribution in [0.25, 0.3) is 22.4 Å². The first-order valence-electron chi connectivity index (χ1n) is 5.76. The van der Waals surface area contributed by atoms with Crippen molar-refractivity contribution in [3.63, 3.8) is 0 Å². The van der Waals surface area contributed by atoms with Gasteiger partial charge in [0.1, 0.15) is 11.3 Å². The van der Waals surface area contributed by atoms with E-state index < -0.39 is 7.12 Å². The van der Waals surface area contributed by atoms with E-state index in [-0.39, 0.29) is 0 Å². The van der Waals surface area contributed by atoms with E-state index in [1.807, 2.05) is 18.2 Å². The Hall–Kier alpha value is -1.82. The highest BCUT2D eigenvalue weighted by atomic mass is 35.5. The summed E-state index contributed by atoms with van der Waals surface area (Å²) in [6, 6.07) is 12.4. The Kier molecular flexibility index (Phi) is 3.02. The Morgan fingerprint density at radius 2 is 1.89 bits per heavy atom. The van der Waals surface area contributed by atoms with Crippen molar-refractivity contribution in [2.45, 2.75) is 0 Å². The number of H-pyrrole nitrogens is 1. The summed E-state index contributed by atoms with van der Waals surface area (Å²) in [6.07, 6.45) is 0. The summed E-state index contributed by atoms with van der Waals surface area (Å²) < 4.78 is 0. The maximum atomic E-state index is 9.18. The fraction of sp³-hybridized carbons (Fsp3) is 0. The Morgan fingerprint density at radius 1 is 1.11 bits per heavy atom. The first-order chi connectivity index (χ1) is 9.15. The molecule has 0 radical (unpaired) electrons. The second-order valence-corrected chi connectivity index (χ2v) is 4.63. The van der Waals surface area contributed by atoms with Gasteiger partial charge in [0.25, 0.3) is 0 Å². The maximum absolute atomic E-state index is 9.18. The molecule has 1 heterocycles. The molecule has 0 aliphatic heterocycles. The molecule has 0 aliphatic rings. The Labute approximate surface area is 114 Å². The van der Waals surface area contributed by atoms with Gasteiger partial charge < -0.3 is 15.0 Å². The van der Waals surface area contributed by atoms with Crippen molar-refractivity contribution < 1.29 is 10.0 Å². The average Bonchev–Trinajstić information content (AvgIpc) is 2.84. The lowest BCUT2D eigenvalue weighted by molar-refractivity contribution is 0.426. The van der Waals surface area contributed by atoms with E-state index in [2.05, 4.69) is 9.97 Å². The van der Waals surface area contributed by atoms with Gasteiger partial charge in [0, 0.05) is 5.56 Å². The number of benzene rings is 2. The number of hydrogen-bond acceptors (Lipinski definition) is 3. The lowest BCUT2D eigenvalue weighted by atomic mass is 9.79. The lowest BCUT2D eigenvalue weighted by Crippen LogP contribution is -2.29.